The summed E-state index contributed by atoms with van der Waals surface area (Å²) in [5.41, 5.74) is 4.25. The van der Waals surface area contributed by atoms with E-state index in [9.17, 15) is 22.8 Å². The summed E-state index contributed by atoms with van der Waals surface area (Å²) in [5.74, 6) is -0.827. The minimum atomic E-state index is -2.97. The molecule has 2 heterocycles. The zero-order valence-corrected chi connectivity index (χ0v) is 22.4. The number of hydrogen-bond acceptors (Lipinski definition) is 6. The SMILES string of the molecule is COc1cc(CNC(=O)c2ccc(CN3C=C4C(=O)N(c5ccc(F)c(C)c5)N=C4CC3)cc2)ccc1OC(F)F. The van der Waals surface area contributed by atoms with Crippen LogP contribution in [0.5, 0.6) is 11.5 Å². The number of hydrazone groups is 1. The van der Waals surface area contributed by atoms with E-state index >= 15 is 0 Å². The molecule has 0 atom stereocenters. The molecule has 0 fully saturated rings. The van der Waals surface area contributed by atoms with Crippen molar-refractivity contribution >= 4 is 23.2 Å². The number of fused-ring (bicyclic) bond motifs is 1. The van der Waals surface area contributed by atoms with E-state index in [2.05, 4.69) is 15.2 Å². The topological polar surface area (TPSA) is 83.5 Å². The van der Waals surface area contributed by atoms with Gasteiger partial charge < -0.3 is 19.7 Å². The molecule has 8 nitrogen and oxygen atoms in total. The van der Waals surface area contributed by atoms with Gasteiger partial charge in [-0.25, -0.2) is 4.39 Å². The van der Waals surface area contributed by atoms with Crippen LogP contribution >= 0.6 is 0 Å². The average Bonchev–Trinajstić information content (AvgIpc) is 3.29. The lowest BCUT2D eigenvalue weighted by Gasteiger charge is -2.25. The molecule has 0 unspecified atom stereocenters. The molecule has 0 saturated carbocycles. The van der Waals surface area contributed by atoms with Crippen molar-refractivity contribution in [3.63, 3.8) is 0 Å². The van der Waals surface area contributed by atoms with Gasteiger partial charge in [-0.3, -0.25) is 9.59 Å². The second-order valence-electron chi connectivity index (χ2n) is 9.60. The van der Waals surface area contributed by atoms with Crippen LogP contribution in [0.1, 0.15) is 33.5 Å². The Hall–Kier alpha value is -4.80. The highest BCUT2D eigenvalue weighted by Gasteiger charge is 2.34. The van der Waals surface area contributed by atoms with Crippen LogP contribution in [0.2, 0.25) is 0 Å². The van der Waals surface area contributed by atoms with E-state index in [1.54, 1.807) is 37.4 Å². The van der Waals surface area contributed by atoms with E-state index in [-0.39, 0.29) is 35.7 Å². The number of ether oxygens (including phenoxy) is 2. The second kappa shape index (κ2) is 11.7. The molecule has 0 aliphatic carbocycles. The van der Waals surface area contributed by atoms with Gasteiger partial charge in [0.25, 0.3) is 11.8 Å². The first-order chi connectivity index (χ1) is 19.7. The smallest absolute Gasteiger partial charge is 0.387 e. The zero-order chi connectivity index (χ0) is 29.1. The Morgan fingerprint density at radius 1 is 1.05 bits per heavy atom. The summed E-state index contributed by atoms with van der Waals surface area (Å²) in [5, 5.41) is 8.58. The molecule has 0 radical (unpaired) electrons. The molecule has 212 valence electrons. The van der Waals surface area contributed by atoms with E-state index < -0.39 is 6.61 Å². The Morgan fingerprint density at radius 2 is 1.80 bits per heavy atom. The maximum atomic E-state index is 13.7. The van der Waals surface area contributed by atoms with E-state index in [4.69, 9.17) is 4.74 Å². The number of nitrogens with zero attached hydrogens (tertiary/aromatic N) is 3. The second-order valence-corrected chi connectivity index (χ2v) is 9.60. The molecule has 0 aromatic heterocycles. The van der Waals surface area contributed by atoms with Gasteiger partial charge in [0.15, 0.2) is 11.5 Å². The minimum Gasteiger partial charge on any atom is -0.493 e. The lowest BCUT2D eigenvalue weighted by molar-refractivity contribution is -0.114. The summed E-state index contributed by atoms with van der Waals surface area (Å²) in [7, 11) is 1.35. The molecule has 0 saturated heterocycles. The summed E-state index contributed by atoms with van der Waals surface area (Å²) in [4.78, 5) is 27.7. The van der Waals surface area contributed by atoms with Gasteiger partial charge in [0.1, 0.15) is 5.82 Å². The van der Waals surface area contributed by atoms with Crippen LogP contribution in [0.15, 0.2) is 77.5 Å². The van der Waals surface area contributed by atoms with Crippen molar-refractivity contribution in [3.05, 3.63) is 101 Å². The highest BCUT2D eigenvalue weighted by Crippen LogP contribution is 2.30. The third-order valence-corrected chi connectivity index (χ3v) is 6.79. The fourth-order valence-corrected chi connectivity index (χ4v) is 4.62. The number of amides is 2. The third kappa shape index (κ3) is 6.19. The number of alkyl halides is 2. The summed E-state index contributed by atoms with van der Waals surface area (Å²) < 4.78 is 48.3. The molecule has 3 aromatic rings. The molecule has 3 aromatic carbocycles. The number of hydrogen-bond donors (Lipinski definition) is 1. The van der Waals surface area contributed by atoms with Gasteiger partial charge in [-0.15, -0.1) is 0 Å². The summed E-state index contributed by atoms with van der Waals surface area (Å²) in [6.07, 6.45) is 2.39. The van der Waals surface area contributed by atoms with Crippen LogP contribution < -0.4 is 19.8 Å². The molecular weight excluding hydrogens is 537 g/mol. The van der Waals surface area contributed by atoms with Gasteiger partial charge in [-0.05, 0) is 66.1 Å². The summed E-state index contributed by atoms with van der Waals surface area (Å²) >= 11 is 0. The number of carbonyl (C=O) groups excluding carboxylic acids is 2. The first-order valence-corrected chi connectivity index (χ1v) is 12.8. The van der Waals surface area contributed by atoms with Crippen molar-refractivity contribution in [2.24, 2.45) is 5.10 Å². The van der Waals surface area contributed by atoms with Gasteiger partial charge in [-0.2, -0.15) is 18.9 Å². The van der Waals surface area contributed by atoms with Crippen molar-refractivity contribution in [2.75, 3.05) is 18.7 Å². The van der Waals surface area contributed by atoms with E-state index in [1.165, 1.54) is 36.4 Å². The Kier molecular flexibility index (Phi) is 7.95. The molecule has 2 amide bonds. The number of anilines is 1. The number of methoxy groups -OCH3 is 1. The fourth-order valence-electron chi connectivity index (χ4n) is 4.62. The minimum absolute atomic E-state index is 0.0846. The number of aryl methyl sites for hydroxylation is 1. The van der Waals surface area contributed by atoms with Gasteiger partial charge in [0.2, 0.25) is 0 Å². The molecule has 2 aliphatic heterocycles. The van der Waals surface area contributed by atoms with Crippen LogP contribution in [-0.4, -0.2) is 42.7 Å². The molecule has 2 aliphatic rings. The van der Waals surface area contributed by atoms with Crippen LogP contribution in [-0.2, 0) is 17.9 Å². The fraction of sp³-hybridized carbons (Fsp3) is 0.233. The van der Waals surface area contributed by atoms with Gasteiger partial charge >= 0.3 is 6.61 Å². The normalized spacial score (nSPS) is 14.5. The van der Waals surface area contributed by atoms with Crippen molar-refractivity contribution in [1.29, 1.82) is 0 Å². The number of halogens is 3. The van der Waals surface area contributed by atoms with Crippen molar-refractivity contribution < 1.29 is 32.2 Å². The number of carbonyl (C=O) groups is 2. The van der Waals surface area contributed by atoms with Crippen molar-refractivity contribution in [3.8, 4) is 11.5 Å². The molecular formula is C30H27F3N4O4. The van der Waals surface area contributed by atoms with E-state index in [0.29, 0.717) is 53.2 Å². The summed E-state index contributed by atoms with van der Waals surface area (Å²) in [6, 6.07) is 16.1. The third-order valence-electron chi connectivity index (χ3n) is 6.79. The first-order valence-electron chi connectivity index (χ1n) is 12.8. The Morgan fingerprint density at radius 3 is 2.51 bits per heavy atom. The largest absolute Gasteiger partial charge is 0.493 e. The molecule has 5 rings (SSSR count). The molecule has 0 bridgehead atoms. The number of rotatable bonds is 9. The van der Waals surface area contributed by atoms with Crippen molar-refractivity contribution in [2.45, 2.75) is 33.0 Å². The van der Waals surface area contributed by atoms with Crippen LogP contribution in [0, 0.1) is 12.7 Å². The van der Waals surface area contributed by atoms with Crippen LogP contribution in [0.4, 0.5) is 18.9 Å². The van der Waals surface area contributed by atoms with Gasteiger partial charge in [0, 0.05) is 37.8 Å². The predicted molar refractivity (Wildman–Crippen MR) is 146 cm³/mol. The van der Waals surface area contributed by atoms with Crippen LogP contribution in [0.25, 0.3) is 0 Å². The standard InChI is InChI=1S/C30H27F3N4O4/c1-18-13-22(8-9-24(18)31)37-29(39)23-17-36(12-11-25(23)35-37)16-19-3-6-21(7-4-19)28(38)34-15-20-5-10-26(41-30(32)33)27(14-20)40-2/h3-10,13-14,17,30H,11-12,15-16H2,1-2H3,(H,34,38). The lowest BCUT2D eigenvalue weighted by atomic mass is 10.0. The lowest BCUT2D eigenvalue weighted by Crippen LogP contribution is -2.29. The van der Waals surface area contributed by atoms with Gasteiger partial charge in [0.05, 0.1) is 24.1 Å². The summed E-state index contributed by atoms with van der Waals surface area (Å²) in [6.45, 7) is 0.0395. The van der Waals surface area contributed by atoms with E-state index in [1.807, 2.05) is 17.0 Å². The Balaban J connectivity index is 1.18. The molecule has 41 heavy (non-hydrogen) atoms. The molecule has 1 N–H and O–H groups in total. The maximum Gasteiger partial charge on any atom is 0.387 e. The predicted octanol–water partition coefficient (Wildman–Crippen LogP) is 5.17. The monoisotopic (exact) mass is 564 g/mol. The maximum absolute atomic E-state index is 13.7. The van der Waals surface area contributed by atoms with Crippen molar-refractivity contribution in [1.82, 2.24) is 10.2 Å². The van der Waals surface area contributed by atoms with Crippen LogP contribution in [0.3, 0.4) is 0 Å². The Bertz CT molecular complexity index is 1540. The number of nitrogens with one attached hydrogen (secondary N) is 1. The number of benzene rings is 3. The highest BCUT2D eigenvalue weighted by atomic mass is 19.3. The molecule has 0 spiro atoms. The molecule has 11 heteroatoms. The average molecular weight is 565 g/mol. The quantitative estimate of drug-likeness (QED) is 0.388. The first kappa shape index (κ1) is 27.8. The highest BCUT2D eigenvalue weighted by molar-refractivity contribution is 6.30. The van der Waals surface area contributed by atoms with Gasteiger partial charge in [-0.1, -0.05) is 18.2 Å². The van der Waals surface area contributed by atoms with E-state index in [0.717, 1.165) is 5.56 Å². The zero-order valence-electron chi connectivity index (χ0n) is 22.4. The Labute approximate surface area is 234 Å².